The molecule has 2 rings (SSSR count). The Balaban J connectivity index is 1.79. The molecule has 1 saturated heterocycles. The van der Waals surface area contributed by atoms with Crippen LogP contribution in [0.1, 0.15) is 38.5 Å². The van der Waals surface area contributed by atoms with Crippen molar-refractivity contribution in [3.05, 3.63) is 0 Å². The lowest BCUT2D eigenvalue weighted by atomic mass is 10.0. The highest BCUT2D eigenvalue weighted by Crippen LogP contribution is 2.28. The van der Waals surface area contributed by atoms with Crippen molar-refractivity contribution in [2.75, 3.05) is 19.7 Å². The number of morpholine rings is 1. The van der Waals surface area contributed by atoms with E-state index >= 15 is 0 Å². The number of carbonyl (C=O) groups excluding carboxylic acids is 1. The fraction of sp³-hybridized carbons (Fsp3) is 0.846. The first-order chi connectivity index (χ1) is 8.65. The van der Waals surface area contributed by atoms with Gasteiger partial charge in [0.1, 0.15) is 0 Å². The number of hydrogen-bond acceptors (Lipinski definition) is 3. The van der Waals surface area contributed by atoms with Gasteiger partial charge in [-0.05, 0) is 18.8 Å². The summed E-state index contributed by atoms with van der Waals surface area (Å²) in [6.07, 6.45) is 5.06. The van der Waals surface area contributed by atoms with Gasteiger partial charge in [0, 0.05) is 19.5 Å². The third kappa shape index (κ3) is 3.70. The maximum Gasteiger partial charge on any atom is 0.306 e. The van der Waals surface area contributed by atoms with Crippen LogP contribution in [0.25, 0.3) is 0 Å². The Hall–Kier alpha value is -1.10. The second kappa shape index (κ2) is 6.18. The second-order valence-electron chi connectivity index (χ2n) is 5.29. The third-order valence-electron chi connectivity index (χ3n) is 3.83. The van der Waals surface area contributed by atoms with Crippen LogP contribution in [0, 0.1) is 5.92 Å². The Morgan fingerprint density at radius 1 is 1.22 bits per heavy atom. The Morgan fingerprint density at radius 2 is 1.94 bits per heavy atom. The number of carbonyl (C=O) groups is 2. The number of nitrogens with zero attached hydrogens (tertiary/aromatic N) is 1. The summed E-state index contributed by atoms with van der Waals surface area (Å²) in [7, 11) is 0. The van der Waals surface area contributed by atoms with Crippen LogP contribution < -0.4 is 0 Å². The van der Waals surface area contributed by atoms with E-state index in [4.69, 9.17) is 9.84 Å². The molecule has 2 fully saturated rings. The minimum Gasteiger partial charge on any atom is -0.481 e. The van der Waals surface area contributed by atoms with Crippen molar-refractivity contribution in [1.29, 1.82) is 0 Å². The summed E-state index contributed by atoms with van der Waals surface area (Å²) in [5.41, 5.74) is 0. The van der Waals surface area contributed by atoms with Crippen molar-refractivity contribution in [3.8, 4) is 0 Å². The number of carboxylic acid groups (broad SMARTS) is 1. The van der Waals surface area contributed by atoms with Gasteiger partial charge in [-0.25, -0.2) is 0 Å². The van der Waals surface area contributed by atoms with E-state index < -0.39 is 5.97 Å². The molecule has 1 unspecified atom stereocenters. The molecule has 0 spiro atoms. The van der Waals surface area contributed by atoms with Crippen molar-refractivity contribution in [1.82, 2.24) is 4.90 Å². The zero-order valence-corrected chi connectivity index (χ0v) is 10.6. The molecular formula is C13H21NO4. The molecule has 102 valence electrons. The van der Waals surface area contributed by atoms with E-state index in [1.165, 1.54) is 12.8 Å². The molecule has 0 radical (unpaired) electrons. The Kier molecular flexibility index (Phi) is 4.58. The van der Waals surface area contributed by atoms with E-state index in [2.05, 4.69) is 0 Å². The molecule has 1 saturated carbocycles. The molecule has 5 nitrogen and oxygen atoms in total. The Morgan fingerprint density at radius 3 is 2.61 bits per heavy atom. The number of hydrogen-bond donors (Lipinski definition) is 1. The summed E-state index contributed by atoms with van der Waals surface area (Å²) in [6.45, 7) is 1.48. The lowest BCUT2D eigenvalue weighted by Crippen LogP contribution is -2.46. The lowest BCUT2D eigenvalue weighted by molar-refractivity contribution is -0.148. The van der Waals surface area contributed by atoms with E-state index in [0.717, 1.165) is 12.8 Å². The molecule has 1 aliphatic carbocycles. The molecule has 0 aromatic carbocycles. The Bertz CT molecular complexity index is 312. The van der Waals surface area contributed by atoms with Gasteiger partial charge in [0.2, 0.25) is 5.91 Å². The molecule has 18 heavy (non-hydrogen) atoms. The number of ether oxygens (including phenoxy) is 1. The van der Waals surface area contributed by atoms with Gasteiger partial charge in [0.25, 0.3) is 0 Å². The molecule has 1 amide bonds. The quantitative estimate of drug-likeness (QED) is 0.821. The van der Waals surface area contributed by atoms with E-state index in [1.54, 1.807) is 4.90 Å². The monoisotopic (exact) mass is 255 g/mol. The van der Waals surface area contributed by atoms with Gasteiger partial charge in [0.05, 0.1) is 19.1 Å². The van der Waals surface area contributed by atoms with Crippen LogP contribution in [0.15, 0.2) is 0 Å². The maximum absolute atomic E-state index is 12.1. The van der Waals surface area contributed by atoms with Crippen LogP contribution in [0.4, 0.5) is 0 Å². The van der Waals surface area contributed by atoms with E-state index in [-0.39, 0.29) is 18.4 Å². The molecular weight excluding hydrogens is 234 g/mol. The normalized spacial score (nSPS) is 25.3. The van der Waals surface area contributed by atoms with Gasteiger partial charge in [-0.15, -0.1) is 0 Å². The van der Waals surface area contributed by atoms with Crippen LogP contribution in [-0.4, -0.2) is 47.7 Å². The molecule has 1 N–H and O–H groups in total. The lowest BCUT2D eigenvalue weighted by Gasteiger charge is -2.33. The summed E-state index contributed by atoms with van der Waals surface area (Å²) >= 11 is 0. The standard InChI is InChI=1S/C13H21NO4/c15-12(7-10-3-1-2-4-10)14-5-6-18-11(9-14)8-13(16)17/h10-11H,1-9H2,(H,16,17). The number of rotatable bonds is 4. The van der Waals surface area contributed by atoms with Crippen LogP contribution in [0.2, 0.25) is 0 Å². The van der Waals surface area contributed by atoms with Gasteiger partial charge in [0.15, 0.2) is 0 Å². The van der Waals surface area contributed by atoms with Crippen LogP contribution in [0.5, 0.6) is 0 Å². The highest BCUT2D eigenvalue weighted by Gasteiger charge is 2.28. The average molecular weight is 255 g/mol. The summed E-state index contributed by atoms with van der Waals surface area (Å²) in [6, 6.07) is 0. The largest absolute Gasteiger partial charge is 0.481 e. The zero-order chi connectivity index (χ0) is 13.0. The molecule has 1 aliphatic heterocycles. The van der Waals surface area contributed by atoms with Crippen molar-refractivity contribution < 1.29 is 19.4 Å². The fourth-order valence-corrected chi connectivity index (χ4v) is 2.85. The minimum absolute atomic E-state index is 0.0206. The smallest absolute Gasteiger partial charge is 0.306 e. The van der Waals surface area contributed by atoms with Gasteiger partial charge in [-0.1, -0.05) is 12.8 Å². The first-order valence-electron chi connectivity index (χ1n) is 6.76. The molecule has 2 aliphatic rings. The highest BCUT2D eigenvalue weighted by atomic mass is 16.5. The van der Waals surface area contributed by atoms with E-state index in [1.807, 2.05) is 0 Å². The maximum atomic E-state index is 12.1. The van der Waals surface area contributed by atoms with Crippen molar-refractivity contribution in [3.63, 3.8) is 0 Å². The third-order valence-corrected chi connectivity index (χ3v) is 3.83. The predicted octanol–water partition coefficient (Wildman–Crippen LogP) is 1.27. The minimum atomic E-state index is -0.870. The molecule has 1 atom stereocenters. The SMILES string of the molecule is O=C(O)CC1CN(C(=O)CC2CCCC2)CCO1. The van der Waals surface area contributed by atoms with Gasteiger partial charge >= 0.3 is 5.97 Å². The van der Waals surface area contributed by atoms with E-state index in [0.29, 0.717) is 32.0 Å². The Labute approximate surface area is 107 Å². The van der Waals surface area contributed by atoms with Gasteiger partial charge < -0.3 is 14.7 Å². The number of carboxylic acids is 1. The van der Waals surface area contributed by atoms with Crippen molar-refractivity contribution >= 4 is 11.9 Å². The van der Waals surface area contributed by atoms with Crippen LogP contribution in [-0.2, 0) is 14.3 Å². The van der Waals surface area contributed by atoms with Crippen LogP contribution in [0.3, 0.4) is 0 Å². The topological polar surface area (TPSA) is 66.8 Å². The highest BCUT2D eigenvalue weighted by molar-refractivity contribution is 5.76. The second-order valence-corrected chi connectivity index (χ2v) is 5.29. The summed E-state index contributed by atoms with van der Waals surface area (Å²) in [5.74, 6) is -0.163. The molecule has 5 heteroatoms. The fourth-order valence-electron chi connectivity index (χ4n) is 2.85. The van der Waals surface area contributed by atoms with Gasteiger partial charge in [-0.2, -0.15) is 0 Å². The predicted molar refractivity (Wildman–Crippen MR) is 65.1 cm³/mol. The van der Waals surface area contributed by atoms with Crippen molar-refractivity contribution in [2.24, 2.45) is 5.92 Å². The number of aliphatic carboxylic acids is 1. The molecule has 1 heterocycles. The van der Waals surface area contributed by atoms with Gasteiger partial charge in [-0.3, -0.25) is 9.59 Å². The molecule has 0 bridgehead atoms. The average Bonchev–Trinajstić information content (AvgIpc) is 2.81. The van der Waals surface area contributed by atoms with E-state index in [9.17, 15) is 9.59 Å². The van der Waals surface area contributed by atoms with Crippen LogP contribution >= 0.6 is 0 Å². The van der Waals surface area contributed by atoms with Crippen molar-refractivity contribution in [2.45, 2.75) is 44.6 Å². The number of amides is 1. The first-order valence-corrected chi connectivity index (χ1v) is 6.76. The zero-order valence-electron chi connectivity index (χ0n) is 10.6. The molecule has 0 aromatic heterocycles. The summed E-state index contributed by atoms with van der Waals surface area (Å²) < 4.78 is 5.36. The summed E-state index contributed by atoms with van der Waals surface area (Å²) in [5, 5.41) is 8.74. The molecule has 0 aromatic rings. The summed E-state index contributed by atoms with van der Waals surface area (Å²) in [4.78, 5) is 24.5. The first kappa shape index (κ1) is 13.3.